The van der Waals surface area contributed by atoms with Crippen LogP contribution in [-0.2, 0) is 20.1 Å². The van der Waals surface area contributed by atoms with Crippen LogP contribution in [0.2, 0.25) is 19.6 Å². The van der Waals surface area contributed by atoms with E-state index in [0.717, 1.165) is 66.7 Å². The number of furan rings is 1. The maximum absolute atomic E-state index is 8.44. The van der Waals surface area contributed by atoms with Crippen LogP contribution in [0.25, 0.3) is 116 Å². The molecule has 0 aliphatic heterocycles. The maximum Gasteiger partial charge on any atom is 0.121 e. The zero-order valence-corrected chi connectivity index (χ0v) is 54.2. The van der Waals surface area contributed by atoms with Crippen molar-refractivity contribution in [3.63, 3.8) is 0 Å². The zero-order valence-electron chi connectivity index (χ0n) is 51.8. The molecule has 4 nitrogen and oxygen atoms in total. The van der Waals surface area contributed by atoms with E-state index in [1.165, 1.54) is 82.1 Å². The molecule has 0 fully saturated rings. The first kappa shape index (κ1) is 56.7. The Morgan fingerprint density at radius 3 is 1.77 bits per heavy atom. The Balaban J connectivity index is 0.000000305. The second-order valence-electron chi connectivity index (χ2n) is 25.1. The summed E-state index contributed by atoms with van der Waals surface area (Å²) in [7, 11) is -1.50. The van der Waals surface area contributed by atoms with Gasteiger partial charge in [0.25, 0.3) is 0 Å². The van der Waals surface area contributed by atoms with Gasteiger partial charge in [0.2, 0.25) is 0 Å². The molecule has 13 rings (SSSR count). The number of imidazole rings is 1. The molecule has 0 N–H and O–H groups in total. The van der Waals surface area contributed by atoms with Crippen molar-refractivity contribution < 1.29 is 25.9 Å². The zero-order chi connectivity index (χ0) is 58.9. The van der Waals surface area contributed by atoms with E-state index in [2.05, 4.69) is 254 Å². The normalized spacial score (nSPS) is 12.4. The molecule has 0 saturated heterocycles. The molecule has 3 aromatic heterocycles. The average molecular weight is 1290 g/mol. The Hall–Kier alpha value is -7.73. The topological polar surface area (TPSA) is 43.9 Å². The summed E-state index contributed by atoms with van der Waals surface area (Å²) in [5.74, 6) is 1.29. The fourth-order valence-corrected chi connectivity index (χ4v) is 14.1. The minimum absolute atomic E-state index is 0. The number of aromatic nitrogens is 3. The number of nitrogens with zero attached hydrogens (tertiary/aromatic N) is 3. The molecule has 0 atom stereocenters. The fourth-order valence-electron chi connectivity index (χ4n) is 12.6. The van der Waals surface area contributed by atoms with Crippen LogP contribution in [0, 0.1) is 12.1 Å². The summed E-state index contributed by atoms with van der Waals surface area (Å²) in [4.78, 5) is 10.3. The summed E-state index contributed by atoms with van der Waals surface area (Å²) >= 11 is 0. The third-order valence-electron chi connectivity index (χ3n) is 16.8. The monoisotopic (exact) mass is 1290 g/mol. The van der Waals surface area contributed by atoms with Crippen LogP contribution in [0.15, 0.2) is 193 Å². The first-order valence-electron chi connectivity index (χ1n) is 30.2. The largest absolute Gasteiger partial charge is 0.500 e. The quantitative estimate of drug-likeness (QED) is 0.0736. The van der Waals surface area contributed by atoms with Crippen molar-refractivity contribution in [1.82, 2.24) is 14.5 Å². The van der Waals surface area contributed by atoms with Crippen LogP contribution in [0.3, 0.4) is 0 Å². The van der Waals surface area contributed by atoms with E-state index in [4.69, 9.17) is 10.8 Å². The van der Waals surface area contributed by atoms with Gasteiger partial charge in [0.1, 0.15) is 5.58 Å². The molecule has 0 amide bonds. The van der Waals surface area contributed by atoms with Crippen LogP contribution in [0.4, 0.5) is 0 Å². The SMILES string of the molecule is CC(C)c1cccc(C(C)C)c1-c1c[c-]c(-c2nc3ccc4ccccc4c3n2-c2c(C(C)C)cc(-c3ccccc3)cc2C(C)C)c2oc3cc4c(ccc5ccccc54)cc3c12.[2H]C(C)(C)c1cc(-c2[c-]cccc2)ncc1[Si](C)(C)C.[Ir]. The number of fused-ring (bicyclic) bond motifs is 9. The Labute approximate surface area is 512 Å². The predicted octanol–water partition coefficient (Wildman–Crippen LogP) is 21.9. The number of rotatable bonds is 11. The van der Waals surface area contributed by atoms with E-state index < -0.39 is 14.0 Å². The van der Waals surface area contributed by atoms with Crippen LogP contribution in [0.1, 0.15) is 128 Å². The van der Waals surface area contributed by atoms with Crippen molar-refractivity contribution >= 4 is 78.5 Å². The molecule has 1 radical (unpaired) electrons. The van der Waals surface area contributed by atoms with E-state index in [1.54, 1.807) is 0 Å². The second-order valence-corrected chi connectivity index (χ2v) is 30.1. The minimum Gasteiger partial charge on any atom is -0.500 e. The molecule has 13 aromatic rings. The number of hydrogen-bond acceptors (Lipinski definition) is 3. The molecule has 84 heavy (non-hydrogen) atoms. The van der Waals surface area contributed by atoms with Gasteiger partial charge >= 0.3 is 0 Å². The number of benzene rings is 10. The summed E-state index contributed by atoms with van der Waals surface area (Å²) in [5.41, 5.74) is 18.8. The summed E-state index contributed by atoms with van der Waals surface area (Å²) in [6.07, 6.45) is 1.98. The van der Waals surface area contributed by atoms with E-state index >= 15 is 0 Å². The third-order valence-corrected chi connectivity index (χ3v) is 18.8. The Morgan fingerprint density at radius 1 is 0.536 bits per heavy atom. The molecule has 0 aliphatic rings. The average Bonchev–Trinajstić information content (AvgIpc) is 1.90. The molecule has 0 unspecified atom stereocenters. The Morgan fingerprint density at radius 2 is 1.14 bits per heavy atom. The molecule has 0 spiro atoms. The summed E-state index contributed by atoms with van der Waals surface area (Å²) in [6.45, 7) is 29.3. The smallest absolute Gasteiger partial charge is 0.121 e. The molecule has 3 heterocycles. The van der Waals surface area contributed by atoms with Crippen LogP contribution >= 0.6 is 0 Å². The molecular weight excluding hydrogens is 1220 g/mol. The van der Waals surface area contributed by atoms with Crippen molar-refractivity contribution in [2.45, 2.75) is 118 Å². The van der Waals surface area contributed by atoms with Gasteiger partial charge in [-0.2, -0.15) is 0 Å². The van der Waals surface area contributed by atoms with Crippen molar-refractivity contribution in [1.29, 1.82) is 0 Å². The molecule has 10 aromatic carbocycles. The molecular formula is C78H75IrN3OSi-2. The fraction of sp³-hybridized carbons (Fsp3) is 0.231. The minimum atomic E-state index is -1.50. The van der Waals surface area contributed by atoms with E-state index in [0.29, 0.717) is 11.8 Å². The van der Waals surface area contributed by atoms with E-state index in [-0.39, 0.29) is 31.9 Å². The van der Waals surface area contributed by atoms with Crippen LogP contribution in [-0.4, -0.2) is 22.6 Å². The predicted molar refractivity (Wildman–Crippen MR) is 358 cm³/mol. The van der Waals surface area contributed by atoms with Gasteiger partial charge in [-0.05, 0) is 136 Å². The van der Waals surface area contributed by atoms with E-state index in [1.807, 2.05) is 44.3 Å². The summed E-state index contributed by atoms with van der Waals surface area (Å²) in [5, 5.41) is 10.6. The first-order chi connectivity index (χ1) is 40.3. The van der Waals surface area contributed by atoms with Gasteiger partial charge in [0.15, 0.2) is 0 Å². The maximum atomic E-state index is 8.44. The van der Waals surface area contributed by atoms with E-state index in [9.17, 15) is 0 Å². The molecule has 0 aliphatic carbocycles. The molecule has 423 valence electrons. The van der Waals surface area contributed by atoms with Gasteiger partial charge in [0, 0.05) is 44.1 Å². The van der Waals surface area contributed by atoms with Crippen molar-refractivity contribution in [2.24, 2.45) is 0 Å². The van der Waals surface area contributed by atoms with Crippen LogP contribution in [0.5, 0.6) is 0 Å². The van der Waals surface area contributed by atoms with Crippen LogP contribution < -0.4 is 5.19 Å². The van der Waals surface area contributed by atoms with Crippen molar-refractivity contribution in [3.8, 4) is 50.6 Å². The van der Waals surface area contributed by atoms with Crippen molar-refractivity contribution in [3.05, 3.63) is 228 Å². The molecule has 0 saturated carbocycles. The van der Waals surface area contributed by atoms with Gasteiger partial charge in [-0.1, -0.05) is 232 Å². The number of hydrogen-bond donors (Lipinski definition) is 0. The van der Waals surface area contributed by atoms with Gasteiger partial charge in [0.05, 0.1) is 30.5 Å². The Kier molecular flexibility index (Phi) is 15.8. The third kappa shape index (κ3) is 10.6. The molecule has 0 bridgehead atoms. The van der Waals surface area contributed by atoms with Gasteiger partial charge < -0.3 is 14.0 Å². The summed E-state index contributed by atoms with van der Waals surface area (Å²) in [6, 6.07) is 72.7. The van der Waals surface area contributed by atoms with Gasteiger partial charge in [-0.15, -0.1) is 48.0 Å². The summed E-state index contributed by atoms with van der Waals surface area (Å²) < 4.78 is 18.3. The van der Waals surface area contributed by atoms with Gasteiger partial charge in [-0.3, -0.25) is 4.98 Å². The Bertz CT molecular complexity index is 4580. The second kappa shape index (κ2) is 23.4. The number of pyridine rings is 1. The molecule has 6 heteroatoms. The standard InChI is InChI=1S/C61H53N2O.C17H22NSi.Ir/c1-35(2)44-23-16-24-45(36(3)4)56(44)48-28-29-49(60-57(48)53-31-42-26-25-40-19-12-14-21-46(40)52(42)34-55(53)64-60)61-62-54-30-27-41-20-13-15-22-47(41)59(54)63(61)58-50(37(5)6)32-43(33-51(58)38(7)8)39-17-10-9-11-18-39;1-13(2)15-11-16(14-9-7-6-8-10-14)18-12-17(15)19(3,4)5;/h9-28,30-38H,1-8H3;6-9,11-13H,1-5H3;/q2*-1;/i;13D;. The van der Waals surface area contributed by atoms with Crippen molar-refractivity contribution in [2.75, 3.05) is 0 Å². The van der Waals surface area contributed by atoms with Gasteiger partial charge in [-0.25, -0.2) is 0 Å². The first-order valence-corrected chi connectivity index (χ1v) is 33.2.